The van der Waals surface area contributed by atoms with Crippen molar-refractivity contribution in [1.82, 2.24) is 10.4 Å². The number of aryl methyl sites for hydroxylation is 2. The van der Waals surface area contributed by atoms with Crippen LogP contribution < -0.4 is 10.2 Å². The van der Waals surface area contributed by atoms with Crippen LogP contribution >= 0.6 is 0 Å². The Hall–Kier alpha value is -2.57. The highest BCUT2D eigenvalue weighted by atomic mass is 16.6. The van der Waals surface area contributed by atoms with E-state index in [0.29, 0.717) is 25.1 Å². The number of aliphatic hydroxyl groups is 1. The van der Waals surface area contributed by atoms with Crippen molar-refractivity contribution < 1.29 is 19.4 Å². The molecular formula is C27H38N2O4. The Morgan fingerprint density at radius 3 is 2.45 bits per heavy atom. The monoisotopic (exact) mass is 454 g/mol. The molecule has 0 bridgehead atoms. The summed E-state index contributed by atoms with van der Waals surface area (Å²) in [6, 6.07) is 15.2. The molecule has 0 unspecified atom stereocenters. The number of fused-ring (bicyclic) bond motifs is 1. The Labute approximate surface area is 197 Å². The fourth-order valence-electron chi connectivity index (χ4n) is 4.42. The van der Waals surface area contributed by atoms with E-state index in [1.807, 2.05) is 97.0 Å². The molecule has 6 nitrogen and oxygen atoms in total. The average molecular weight is 455 g/mol. The number of nitrogens with zero attached hydrogens (tertiary/aromatic N) is 1. The van der Waals surface area contributed by atoms with Crippen molar-refractivity contribution >= 4 is 6.09 Å². The molecule has 0 spiro atoms. The third-order valence-corrected chi connectivity index (χ3v) is 6.14. The normalized spacial score (nSPS) is 21.6. The molecule has 33 heavy (non-hydrogen) atoms. The van der Waals surface area contributed by atoms with Crippen LogP contribution in [-0.2, 0) is 11.2 Å². The number of amides is 1. The minimum atomic E-state index is -1.40. The highest BCUT2D eigenvalue weighted by molar-refractivity contribution is 5.69. The van der Waals surface area contributed by atoms with Crippen LogP contribution in [0.4, 0.5) is 4.79 Å². The van der Waals surface area contributed by atoms with Gasteiger partial charge in [-0.2, -0.15) is 0 Å². The number of rotatable bonds is 6. The molecule has 0 aromatic heterocycles. The summed E-state index contributed by atoms with van der Waals surface area (Å²) in [7, 11) is 0. The topological polar surface area (TPSA) is 71.0 Å². The van der Waals surface area contributed by atoms with E-state index in [4.69, 9.17) is 9.47 Å². The van der Waals surface area contributed by atoms with Gasteiger partial charge < -0.3 is 14.6 Å². The first kappa shape index (κ1) is 25.1. The molecule has 2 N–H and O–H groups in total. The molecule has 0 fully saturated rings. The van der Waals surface area contributed by atoms with Crippen LogP contribution in [-0.4, -0.2) is 39.6 Å². The van der Waals surface area contributed by atoms with Gasteiger partial charge in [0, 0.05) is 12.1 Å². The number of nitrogens with one attached hydrogen (secondary N) is 1. The third kappa shape index (κ3) is 5.33. The number of benzene rings is 2. The predicted octanol–water partition coefficient (Wildman–Crippen LogP) is 5.33. The molecule has 0 radical (unpaired) electrons. The SMILES string of the molecule is CCNN(C(=O)OC(C)(C)C)[C@H]1c2ccc(C)cc2OC(C)(C)[C@@]1(O)CCc1ccccc1. The van der Waals surface area contributed by atoms with Gasteiger partial charge in [-0.05, 0) is 71.6 Å². The van der Waals surface area contributed by atoms with Gasteiger partial charge >= 0.3 is 6.09 Å². The number of hydrazine groups is 1. The van der Waals surface area contributed by atoms with Crippen LogP contribution in [0.25, 0.3) is 0 Å². The van der Waals surface area contributed by atoms with Gasteiger partial charge in [0.05, 0.1) is 0 Å². The zero-order chi connectivity index (χ0) is 24.4. The number of carbonyl (C=O) groups is 1. The van der Waals surface area contributed by atoms with Crippen LogP contribution in [0.5, 0.6) is 5.75 Å². The fraction of sp³-hybridized carbons (Fsp3) is 0.519. The van der Waals surface area contributed by atoms with E-state index in [1.54, 1.807) is 0 Å². The van der Waals surface area contributed by atoms with E-state index in [1.165, 1.54) is 5.01 Å². The van der Waals surface area contributed by atoms with Crippen molar-refractivity contribution in [3.63, 3.8) is 0 Å². The van der Waals surface area contributed by atoms with E-state index < -0.39 is 28.9 Å². The molecule has 1 aliphatic rings. The van der Waals surface area contributed by atoms with Gasteiger partial charge in [0.25, 0.3) is 0 Å². The molecule has 0 saturated heterocycles. The summed E-state index contributed by atoms with van der Waals surface area (Å²) in [5.74, 6) is 0.667. The average Bonchev–Trinajstić information content (AvgIpc) is 2.71. The largest absolute Gasteiger partial charge is 0.484 e. The van der Waals surface area contributed by atoms with Crippen LogP contribution in [0.1, 0.15) is 70.7 Å². The summed E-state index contributed by atoms with van der Waals surface area (Å²) in [4.78, 5) is 13.4. The van der Waals surface area contributed by atoms with E-state index in [-0.39, 0.29) is 0 Å². The quantitative estimate of drug-likeness (QED) is 0.577. The Balaban J connectivity index is 2.12. The van der Waals surface area contributed by atoms with Gasteiger partial charge in [-0.1, -0.05) is 49.4 Å². The second kappa shape index (κ2) is 9.35. The molecule has 1 aliphatic heterocycles. The molecule has 0 aliphatic carbocycles. The van der Waals surface area contributed by atoms with Crippen molar-refractivity contribution in [2.24, 2.45) is 0 Å². The second-order valence-corrected chi connectivity index (χ2v) is 10.3. The van der Waals surface area contributed by atoms with Crippen LogP contribution in [0.2, 0.25) is 0 Å². The molecule has 180 valence electrons. The van der Waals surface area contributed by atoms with Crippen LogP contribution in [0.15, 0.2) is 48.5 Å². The van der Waals surface area contributed by atoms with E-state index >= 15 is 0 Å². The summed E-state index contributed by atoms with van der Waals surface area (Å²) < 4.78 is 12.1. The van der Waals surface area contributed by atoms with Gasteiger partial charge in [-0.25, -0.2) is 15.2 Å². The fourth-order valence-corrected chi connectivity index (χ4v) is 4.42. The summed E-state index contributed by atoms with van der Waals surface area (Å²) in [5.41, 5.74) is 3.03. The molecule has 1 amide bonds. The maximum atomic E-state index is 13.4. The highest BCUT2D eigenvalue weighted by Crippen LogP contribution is 2.51. The first-order valence-electron chi connectivity index (χ1n) is 11.7. The lowest BCUT2D eigenvalue weighted by atomic mass is 9.70. The van der Waals surface area contributed by atoms with E-state index in [2.05, 4.69) is 5.43 Å². The maximum Gasteiger partial charge on any atom is 0.425 e. The third-order valence-electron chi connectivity index (χ3n) is 6.14. The summed E-state index contributed by atoms with van der Waals surface area (Å²) >= 11 is 0. The Bertz CT molecular complexity index is 968. The Kier molecular flexibility index (Phi) is 7.10. The number of carbonyl (C=O) groups excluding carboxylic acids is 1. The summed E-state index contributed by atoms with van der Waals surface area (Å²) in [6.07, 6.45) is 0.500. The van der Waals surface area contributed by atoms with Crippen molar-refractivity contribution in [3.8, 4) is 5.75 Å². The smallest absolute Gasteiger partial charge is 0.425 e. The van der Waals surface area contributed by atoms with Crippen molar-refractivity contribution in [1.29, 1.82) is 0 Å². The molecule has 2 atom stereocenters. The molecule has 1 heterocycles. The Morgan fingerprint density at radius 2 is 1.85 bits per heavy atom. The van der Waals surface area contributed by atoms with Crippen molar-refractivity contribution in [3.05, 3.63) is 65.2 Å². The highest BCUT2D eigenvalue weighted by Gasteiger charge is 2.58. The molecule has 2 aromatic rings. The molecule has 6 heteroatoms. The first-order chi connectivity index (χ1) is 15.4. The van der Waals surface area contributed by atoms with Crippen molar-refractivity contribution in [2.45, 2.75) is 84.2 Å². The first-order valence-corrected chi connectivity index (χ1v) is 11.7. The minimum absolute atomic E-state index is 0.396. The molecule has 2 aromatic carbocycles. The van der Waals surface area contributed by atoms with E-state index in [0.717, 1.165) is 16.7 Å². The number of hydrogen-bond donors (Lipinski definition) is 2. The minimum Gasteiger partial charge on any atom is -0.484 e. The van der Waals surface area contributed by atoms with Crippen LogP contribution in [0.3, 0.4) is 0 Å². The zero-order valence-corrected chi connectivity index (χ0v) is 20.9. The molecule has 0 saturated carbocycles. The van der Waals surface area contributed by atoms with Crippen molar-refractivity contribution in [2.75, 3.05) is 6.54 Å². The lowest BCUT2D eigenvalue weighted by molar-refractivity contribution is -0.183. The van der Waals surface area contributed by atoms with Gasteiger partial charge in [0.2, 0.25) is 0 Å². The predicted molar refractivity (Wildman–Crippen MR) is 130 cm³/mol. The molecular weight excluding hydrogens is 416 g/mol. The lowest BCUT2D eigenvalue weighted by Crippen LogP contribution is -2.66. The number of ether oxygens (including phenoxy) is 2. The van der Waals surface area contributed by atoms with Gasteiger partial charge in [0.1, 0.15) is 28.6 Å². The number of hydrogen-bond acceptors (Lipinski definition) is 5. The summed E-state index contributed by atoms with van der Waals surface area (Å²) in [6.45, 7) is 13.7. The Morgan fingerprint density at radius 1 is 1.18 bits per heavy atom. The lowest BCUT2D eigenvalue weighted by Gasteiger charge is -2.54. The summed E-state index contributed by atoms with van der Waals surface area (Å²) in [5, 5.41) is 13.8. The van der Waals surface area contributed by atoms with Crippen LogP contribution in [0, 0.1) is 6.92 Å². The molecule has 3 rings (SSSR count). The zero-order valence-electron chi connectivity index (χ0n) is 20.9. The van der Waals surface area contributed by atoms with Gasteiger partial charge in [0.15, 0.2) is 0 Å². The maximum absolute atomic E-state index is 13.4. The standard InChI is InChI=1S/C27H38N2O4/c1-8-28-29(24(30)33-25(3,4)5)23-21-15-14-19(2)18-22(21)32-26(6,7)27(23,31)17-16-20-12-10-9-11-13-20/h9-15,18,23,28,31H,8,16-17H2,1-7H3/t23-,27+/m0/s1. The van der Waals surface area contributed by atoms with E-state index in [9.17, 15) is 9.90 Å². The second-order valence-electron chi connectivity index (χ2n) is 10.3. The van der Waals surface area contributed by atoms with Gasteiger partial charge in [-0.3, -0.25) is 0 Å². The van der Waals surface area contributed by atoms with Gasteiger partial charge in [-0.15, -0.1) is 0 Å².